The molecule has 12 heteroatoms. The standard InChI is InChI=1S/C25H19ClN4O6S/c1-35-19-10-3-14(11-20(19)36-2)13-27-29-24(31)15-4-6-16(7-5-15)28-25(32)23-22(26)18-9-8-17(30(33)34)12-21(18)37-23/h3-13H,1-2H3,(H,28,32)(H,29,31)/b27-13-. The summed E-state index contributed by atoms with van der Waals surface area (Å²) in [6, 6.07) is 15.6. The van der Waals surface area contributed by atoms with E-state index in [4.69, 9.17) is 21.1 Å². The van der Waals surface area contributed by atoms with Crippen LogP contribution in [-0.2, 0) is 0 Å². The molecule has 0 aliphatic carbocycles. The van der Waals surface area contributed by atoms with Gasteiger partial charge in [0.25, 0.3) is 17.5 Å². The highest BCUT2D eigenvalue weighted by Gasteiger charge is 2.19. The van der Waals surface area contributed by atoms with Crippen molar-refractivity contribution >= 4 is 62.4 Å². The Bertz CT molecular complexity index is 1530. The van der Waals surface area contributed by atoms with E-state index in [9.17, 15) is 19.7 Å². The number of fused-ring (bicyclic) bond motifs is 1. The number of amides is 2. The number of rotatable bonds is 8. The molecule has 1 aromatic heterocycles. The van der Waals surface area contributed by atoms with Crippen molar-refractivity contribution in [2.45, 2.75) is 0 Å². The molecule has 37 heavy (non-hydrogen) atoms. The van der Waals surface area contributed by atoms with Crippen molar-refractivity contribution in [3.05, 3.63) is 91.8 Å². The third kappa shape index (κ3) is 5.68. The zero-order valence-corrected chi connectivity index (χ0v) is 21.1. The number of nitro groups is 1. The molecule has 0 saturated heterocycles. The number of hydrogen-bond donors (Lipinski definition) is 2. The summed E-state index contributed by atoms with van der Waals surface area (Å²) in [5, 5.41) is 18.5. The predicted molar refractivity (Wildman–Crippen MR) is 142 cm³/mol. The maximum atomic E-state index is 12.8. The average Bonchev–Trinajstić information content (AvgIpc) is 3.24. The van der Waals surface area contributed by atoms with E-state index in [1.165, 1.54) is 50.8 Å². The Labute approximate surface area is 219 Å². The van der Waals surface area contributed by atoms with Crippen LogP contribution in [0.1, 0.15) is 25.6 Å². The van der Waals surface area contributed by atoms with Gasteiger partial charge in [0.15, 0.2) is 11.5 Å². The number of methoxy groups -OCH3 is 2. The molecule has 2 amide bonds. The van der Waals surface area contributed by atoms with Gasteiger partial charge in [-0.25, -0.2) is 5.43 Å². The van der Waals surface area contributed by atoms with Crippen LogP contribution in [0.3, 0.4) is 0 Å². The van der Waals surface area contributed by atoms with E-state index in [-0.39, 0.29) is 15.6 Å². The zero-order chi connectivity index (χ0) is 26.5. The van der Waals surface area contributed by atoms with Crippen molar-refractivity contribution in [2.75, 3.05) is 19.5 Å². The monoisotopic (exact) mass is 538 g/mol. The van der Waals surface area contributed by atoms with Gasteiger partial charge in [-0.1, -0.05) is 11.6 Å². The highest BCUT2D eigenvalue weighted by atomic mass is 35.5. The minimum absolute atomic E-state index is 0.0840. The van der Waals surface area contributed by atoms with E-state index in [1.807, 2.05) is 0 Å². The third-order valence-corrected chi connectivity index (χ3v) is 6.88. The van der Waals surface area contributed by atoms with E-state index in [0.717, 1.165) is 11.3 Å². The first-order valence-electron chi connectivity index (χ1n) is 10.6. The van der Waals surface area contributed by atoms with Gasteiger partial charge < -0.3 is 14.8 Å². The number of nitrogens with zero attached hydrogens (tertiary/aromatic N) is 2. The van der Waals surface area contributed by atoms with Gasteiger partial charge in [-0.15, -0.1) is 11.3 Å². The van der Waals surface area contributed by atoms with E-state index < -0.39 is 16.7 Å². The van der Waals surface area contributed by atoms with Gasteiger partial charge in [-0.05, 0) is 54.1 Å². The number of hydrogen-bond acceptors (Lipinski definition) is 8. The molecule has 2 N–H and O–H groups in total. The summed E-state index contributed by atoms with van der Waals surface area (Å²) in [4.78, 5) is 35.9. The molecule has 0 aliphatic rings. The molecule has 0 atom stereocenters. The number of nitro benzene ring substituents is 1. The molecule has 0 saturated carbocycles. The van der Waals surface area contributed by atoms with Crippen LogP contribution in [0.25, 0.3) is 10.1 Å². The number of thiophene rings is 1. The molecule has 10 nitrogen and oxygen atoms in total. The van der Waals surface area contributed by atoms with Crippen molar-refractivity contribution in [1.29, 1.82) is 0 Å². The quantitative estimate of drug-likeness (QED) is 0.173. The second-order valence-electron chi connectivity index (χ2n) is 7.53. The van der Waals surface area contributed by atoms with Gasteiger partial charge in [0, 0.05) is 33.5 Å². The number of benzene rings is 3. The molecule has 0 spiro atoms. The molecule has 0 bridgehead atoms. The number of carbonyl (C=O) groups excluding carboxylic acids is 2. The van der Waals surface area contributed by atoms with E-state index in [0.29, 0.717) is 38.4 Å². The van der Waals surface area contributed by atoms with Crippen molar-refractivity contribution in [3.8, 4) is 11.5 Å². The highest BCUT2D eigenvalue weighted by Crippen LogP contribution is 2.37. The summed E-state index contributed by atoms with van der Waals surface area (Å²) in [5.41, 5.74) is 3.83. The third-order valence-electron chi connectivity index (χ3n) is 5.22. The minimum Gasteiger partial charge on any atom is -0.493 e. The lowest BCUT2D eigenvalue weighted by molar-refractivity contribution is -0.384. The first kappa shape index (κ1) is 25.6. The van der Waals surface area contributed by atoms with Gasteiger partial charge in [0.05, 0.1) is 30.4 Å². The fraction of sp³-hybridized carbons (Fsp3) is 0.0800. The minimum atomic E-state index is -0.508. The maximum absolute atomic E-state index is 12.8. The van der Waals surface area contributed by atoms with Crippen LogP contribution in [0.4, 0.5) is 11.4 Å². The number of nitrogens with one attached hydrogen (secondary N) is 2. The smallest absolute Gasteiger partial charge is 0.271 e. The van der Waals surface area contributed by atoms with Crippen LogP contribution in [0.2, 0.25) is 5.02 Å². The lowest BCUT2D eigenvalue weighted by Crippen LogP contribution is -2.17. The Morgan fingerprint density at radius 1 is 1.00 bits per heavy atom. The highest BCUT2D eigenvalue weighted by molar-refractivity contribution is 7.21. The Morgan fingerprint density at radius 2 is 1.73 bits per heavy atom. The molecular weight excluding hydrogens is 520 g/mol. The molecule has 3 aromatic carbocycles. The predicted octanol–water partition coefficient (Wildman–Crippen LogP) is 5.50. The molecule has 0 fully saturated rings. The van der Waals surface area contributed by atoms with E-state index in [1.54, 1.807) is 30.3 Å². The second-order valence-corrected chi connectivity index (χ2v) is 8.96. The van der Waals surface area contributed by atoms with Gasteiger partial charge in [0.2, 0.25) is 0 Å². The number of non-ortho nitro benzene ring substituents is 1. The van der Waals surface area contributed by atoms with Crippen molar-refractivity contribution < 1.29 is 24.0 Å². The van der Waals surface area contributed by atoms with Crippen LogP contribution in [0.15, 0.2) is 65.8 Å². The van der Waals surface area contributed by atoms with Gasteiger partial charge >= 0.3 is 0 Å². The lowest BCUT2D eigenvalue weighted by atomic mass is 10.2. The maximum Gasteiger partial charge on any atom is 0.271 e. The molecule has 4 rings (SSSR count). The van der Waals surface area contributed by atoms with Crippen LogP contribution < -0.4 is 20.2 Å². The number of ether oxygens (including phenoxy) is 2. The molecular formula is C25H19ClN4O6S. The Kier molecular flexibility index (Phi) is 7.66. The summed E-state index contributed by atoms with van der Waals surface area (Å²) in [6.45, 7) is 0. The van der Waals surface area contributed by atoms with Crippen molar-refractivity contribution in [2.24, 2.45) is 5.10 Å². The molecule has 188 valence electrons. The van der Waals surface area contributed by atoms with Crippen LogP contribution in [0, 0.1) is 10.1 Å². The molecule has 0 unspecified atom stereocenters. The summed E-state index contributed by atoms with van der Waals surface area (Å²) >= 11 is 7.40. The number of hydrazone groups is 1. The first-order valence-corrected chi connectivity index (χ1v) is 11.8. The van der Waals surface area contributed by atoms with Gasteiger partial charge in [-0.2, -0.15) is 5.10 Å². The molecule has 1 heterocycles. The SMILES string of the molecule is COc1ccc(/C=N\NC(=O)c2ccc(NC(=O)c3sc4cc([N+](=O)[O-])ccc4c3Cl)cc2)cc1OC. The Hall–Kier alpha value is -4.48. The lowest BCUT2D eigenvalue weighted by Gasteiger charge is -2.07. The molecule has 0 aliphatic heterocycles. The molecule has 0 radical (unpaired) electrons. The topological polar surface area (TPSA) is 132 Å². The average molecular weight is 539 g/mol. The zero-order valence-electron chi connectivity index (χ0n) is 19.5. The Morgan fingerprint density at radius 3 is 2.41 bits per heavy atom. The largest absolute Gasteiger partial charge is 0.493 e. The summed E-state index contributed by atoms with van der Waals surface area (Å²) in [7, 11) is 3.06. The number of carbonyl (C=O) groups is 2. The van der Waals surface area contributed by atoms with Gasteiger partial charge in [-0.3, -0.25) is 19.7 Å². The second kappa shape index (κ2) is 11.1. The van der Waals surface area contributed by atoms with E-state index in [2.05, 4.69) is 15.8 Å². The normalized spacial score (nSPS) is 10.9. The summed E-state index contributed by atoms with van der Waals surface area (Å²) in [5.74, 6) is 0.206. The van der Waals surface area contributed by atoms with Crippen molar-refractivity contribution in [1.82, 2.24) is 5.43 Å². The van der Waals surface area contributed by atoms with Crippen LogP contribution >= 0.6 is 22.9 Å². The van der Waals surface area contributed by atoms with Crippen LogP contribution in [0.5, 0.6) is 11.5 Å². The number of halogens is 1. The first-order chi connectivity index (χ1) is 17.8. The van der Waals surface area contributed by atoms with E-state index >= 15 is 0 Å². The molecule has 4 aromatic rings. The van der Waals surface area contributed by atoms with Crippen LogP contribution in [-0.4, -0.2) is 37.2 Å². The fourth-order valence-electron chi connectivity index (χ4n) is 3.37. The fourth-order valence-corrected chi connectivity index (χ4v) is 4.81. The Balaban J connectivity index is 1.40. The van der Waals surface area contributed by atoms with Crippen molar-refractivity contribution in [3.63, 3.8) is 0 Å². The van der Waals surface area contributed by atoms with Gasteiger partial charge in [0.1, 0.15) is 4.88 Å². The summed E-state index contributed by atoms with van der Waals surface area (Å²) in [6.07, 6.45) is 1.47. The number of anilines is 1. The summed E-state index contributed by atoms with van der Waals surface area (Å²) < 4.78 is 11.0.